The largest absolute Gasteiger partial charge is 0.478 e. The molecular formula is C31H37N3O11S2. The van der Waals surface area contributed by atoms with E-state index in [2.05, 4.69) is 22.9 Å². The number of piperazine rings is 1. The first kappa shape index (κ1) is 38.7. The first-order valence-corrected chi connectivity index (χ1v) is 16.6. The summed E-state index contributed by atoms with van der Waals surface area (Å²) in [6.07, 6.45) is 5.26. The molecule has 0 bridgehead atoms. The van der Waals surface area contributed by atoms with Gasteiger partial charge in [0.2, 0.25) is 10.0 Å². The Kier molecular flexibility index (Phi) is 14.8. The van der Waals surface area contributed by atoms with Gasteiger partial charge in [0.15, 0.2) is 0 Å². The molecule has 0 aromatic heterocycles. The third-order valence-corrected chi connectivity index (χ3v) is 10.0. The summed E-state index contributed by atoms with van der Waals surface area (Å²) in [4.78, 5) is 44.7. The van der Waals surface area contributed by atoms with Crippen molar-refractivity contribution in [1.82, 2.24) is 14.1 Å². The average Bonchev–Trinajstić information content (AvgIpc) is 3.02. The quantitative estimate of drug-likeness (QED) is 0.237. The van der Waals surface area contributed by atoms with Crippen LogP contribution < -0.4 is 0 Å². The number of rotatable bonds is 9. The van der Waals surface area contributed by atoms with Gasteiger partial charge in [-0.15, -0.1) is 0 Å². The monoisotopic (exact) mass is 691 g/mol. The number of likely N-dealkylation sites (N-methyl/N-ethyl adjacent to an activating group) is 1. The number of hydrogen-bond acceptors (Lipinski definition) is 9. The molecule has 4 rings (SSSR count). The van der Waals surface area contributed by atoms with Crippen molar-refractivity contribution < 1.29 is 52.2 Å². The molecule has 2 heterocycles. The van der Waals surface area contributed by atoms with Crippen molar-refractivity contribution in [3.63, 3.8) is 0 Å². The van der Waals surface area contributed by atoms with E-state index in [9.17, 15) is 31.8 Å². The minimum atomic E-state index is -3.58. The highest BCUT2D eigenvalue weighted by Crippen LogP contribution is 2.40. The Morgan fingerprint density at radius 3 is 1.77 bits per heavy atom. The first-order chi connectivity index (χ1) is 22.0. The molecule has 1 fully saturated rings. The predicted octanol–water partition coefficient (Wildman–Crippen LogP) is 1.91. The zero-order valence-electron chi connectivity index (χ0n) is 26.0. The highest BCUT2D eigenvalue weighted by atomic mass is 32.2. The zero-order valence-corrected chi connectivity index (χ0v) is 27.6. The lowest BCUT2D eigenvalue weighted by Gasteiger charge is -2.32. The number of benzene rings is 2. The number of fused-ring (bicyclic) bond motifs is 2. The molecule has 47 heavy (non-hydrogen) atoms. The molecule has 2 aliphatic heterocycles. The van der Waals surface area contributed by atoms with Crippen LogP contribution in [0.3, 0.4) is 0 Å². The Labute approximate surface area is 275 Å². The summed E-state index contributed by atoms with van der Waals surface area (Å²) in [6, 6.07) is 12.6. The summed E-state index contributed by atoms with van der Waals surface area (Å²) in [5, 5.41) is 31.2. The van der Waals surface area contributed by atoms with Crippen LogP contribution in [0, 0.1) is 0 Å². The lowest BCUT2D eigenvalue weighted by molar-refractivity contribution is -0.134. The summed E-state index contributed by atoms with van der Waals surface area (Å²) < 4.78 is 39.9. The average molecular weight is 692 g/mol. The van der Waals surface area contributed by atoms with Crippen LogP contribution >= 0.6 is 0 Å². The SMILES string of the molecule is CN1CCN(CC/C=C2\c3ccccc3S(=O)c3ccc(S(=O)(=O)N(C)C)cc32)CC1.O=C(O)/C=C\C(=O)O.O=C(O)/C=C\C(=O)O. The normalized spacial score (nSPS) is 17.3. The van der Waals surface area contributed by atoms with Gasteiger partial charge in [-0.1, -0.05) is 24.3 Å². The van der Waals surface area contributed by atoms with Gasteiger partial charge < -0.3 is 30.2 Å². The molecule has 0 aliphatic carbocycles. The van der Waals surface area contributed by atoms with Crippen molar-refractivity contribution in [3.05, 3.63) is 84.0 Å². The van der Waals surface area contributed by atoms with E-state index in [0.717, 1.165) is 60.7 Å². The summed E-state index contributed by atoms with van der Waals surface area (Å²) >= 11 is 0. The Morgan fingerprint density at radius 1 is 0.787 bits per heavy atom. The van der Waals surface area contributed by atoms with E-state index in [1.807, 2.05) is 24.3 Å². The smallest absolute Gasteiger partial charge is 0.328 e. The summed E-state index contributed by atoms with van der Waals surface area (Å²) in [7, 11) is 0.280. The van der Waals surface area contributed by atoms with Crippen LogP contribution in [0.2, 0.25) is 0 Å². The molecular weight excluding hydrogens is 654 g/mol. The van der Waals surface area contributed by atoms with Crippen molar-refractivity contribution in [2.24, 2.45) is 0 Å². The number of aliphatic carboxylic acids is 4. The van der Waals surface area contributed by atoms with Gasteiger partial charge in [-0.2, -0.15) is 0 Å². The molecule has 0 saturated carbocycles. The van der Waals surface area contributed by atoms with E-state index >= 15 is 0 Å². The van der Waals surface area contributed by atoms with E-state index in [-0.39, 0.29) is 4.90 Å². The maximum atomic E-state index is 13.2. The van der Waals surface area contributed by atoms with Crippen LogP contribution in [0.5, 0.6) is 0 Å². The lowest BCUT2D eigenvalue weighted by atomic mass is 9.96. The second kappa shape index (κ2) is 18.0. The molecule has 4 N–H and O–H groups in total. The molecule has 2 aliphatic rings. The van der Waals surface area contributed by atoms with Crippen LogP contribution in [-0.2, 0) is 40.0 Å². The Hall–Kier alpha value is -4.48. The number of carboxylic acid groups (broad SMARTS) is 4. The number of nitrogens with zero attached hydrogens (tertiary/aromatic N) is 3. The van der Waals surface area contributed by atoms with E-state index in [4.69, 9.17) is 20.4 Å². The van der Waals surface area contributed by atoms with Gasteiger partial charge in [0.1, 0.15) is 0 Å². The molecule has 1 saturated heterocycles. The number of hydrogen-bond donors (Lipinski definition) is 4. The minimum Gasteiger partial charge on any atom is -0.478 e. The van der Waals surface area contributed by atoms with Crippen molar-refractivity contribution in [2.75, 3.05) is 53.9 Å². The number of carbonyl (C=O) groups is 4. The number of carboxylic acids is 4. The Bertz CT molecular complexity index is 1630. The number of sulfonamides is 1. The second-order valence-corrected chi connectivity index (χ2v) is 13.9. The topological polar surface area (TPSA) is 210 Å². The molecule has 1 unspecified atom stereocenters. The van der Waals surface area contributed by atoms with E-state index in [1.54, 1.807) is 18.2 Å². The van der Waals surface area contributed by atoms with E-state index in [1.165, 1.54) is 18.4 Å². The van der Waals surface area contributed by atoms with Crippen LogP contribution in [0.25, 0.3) is 5.57 Å². The molecule has 0 spiro atoms. The van der Waals surface area contributed by atoms with Crippen LogP contribution in [0.1, 0.15) is 17.5 Å². The third kappa shape index (κ3) is 12.0. The molecule has 2 aromatic carbocycles. The molecule has 16 heteroatoms. The molecule has 0 radical (unpaired) electrons. The highest BCUT2D eigenvalue weighted by molar-refractivity contribution is 7.89. The molecule has 0 amide bonds. The van der Waals surface area contributed by atoms with Gasteiger partial charge in [0.25, 0.3) is 0 Å². The maximum absolute atomic E-state index is 13.2. The fourth-order valence-corrected chi connectivity index (χ4v) is 6.64. The fourth-order valence-electron chi connectivity index (χ4n) is 4.33. The van der Waals surface area contributed by atoms with Crippen LogP contribution in [0.4, 0.5) is 0 Å². The highest BCUT2D eigenvalue weighted by Gasteiger charge is 2.28. The first-order valence-electron chi connectivity index (χ1n) is 14.0. The second-order valence-electron chi connectivity index (χ2n) is 10.3. The van der Waals surface area contributed by atoms with Gasteiger partial charge in [0, 0.05) is 71.1 Å². The molecule has 254 valence electrons. The Morgan fingerprint density at radius 2 is 1.28 bits per heavy atom. The van der Waals surface area contributed by atoms with E-state index < -0.39 is 44.7 Å². The van der Waals surface area contributed by atoms with Crippen LogP contribution in [0.15, 0.2) is 87.5 Å². The van der Waals surface area contributed by atoms with Gasteiger partial charge >= 0.3 is 23.9 Å². The standard InChI is InChI=1S/C23H29N3O3S2.2C4H4O4/c1-24(2)31(28,29)18-10-11-23-21(17-18)19(20-7-4-5-9-22(20)30(23)27)8-6-12-26-15-13-25(3)14-16-26;2*5-3(6)1-2-4(7)8/h4-5,7-11,17H,6,12-16H2,1-3H3;2*1-2H,(H,5,6)(H,7,8)/b19-8+;2*2-1-. The van der Waals surface area contributed by atoms with Gasteiger partial charge in [-0.3, -0.25) is 0 Å². The van der Waals surface area contributed by atoms with Crippen molar-refractivity contribution in [1.29, 1.82) is 0 Å². The Balaban J connectivity index is 0.000000397. The predicted molar refractivity (Wildman–Crippen MR) is 173 cm³/mol. The maximum Gasteiger partial charge on any atom is 0.328 e. The molecule has 14 nitrogen and oxygen atoms in total. The fraction of sp³-hybridized carbons (Fsp3) is 0.290. The lowest BCUT2D eigenvalue weighted by Crippen LogP contribution is -2.44. The van der Waals surface area contributed by atoms with Gasteiger partial charge in [-0.05, 0) is 54.4 Å². The van der Waals surface area contributed by atoms with Crippen molar-refractivity contribution in [3.8, 4) is 0 Å². The van der Waals surface area contributed by atoms with E-state index in [0.29, 0.717) is 29.2 Å². The van der Waals surface area contributed by atoms with Crippen molar-refractivity contribution in [2.45, 2.75) is 21.1 Å². The third-order valence-electron chi connectivity index (χ3n) is 6.72. The van der Waals surface area contributed by atoms with Gasteiger partial charge in [-0.25, -0.2) is 36.1 Å². The molecule has 2 aromatic rings. The summed E-state index contributed by atoms with van der Waals surface area (Å²) in [6.45, 7) is 5.22. The van der Waals surface area contributed by atoms with Crippen LogP contribution in [-0.4, -0.2) is 125 Å². The minimum absolute atomic E-state index is 0.220. The van der Waals surface area contributed by atoms with Crippen molar-refractivity contribution >= 4 is 50.3 Å². The molecule has 1 atom stereocenters. The van der Waals surface area contributed by atoms with Gasteiger partial charge in [0.05, 0.1) is 25.5 Å². The summed E-state index contributed by atoms with van der Waals surface area (Å²) in [5.74, 6) is -5.03. The summed E-state index contributed by atoms with van der Waals surface area (Å²) in [5.41, 5.74) is 2.64. The zero-order chi connectivity index (χ0) is 35.3.